The van der Waals surface area contributed by atoms with Crippen molar-refractivity contribution >= 4 is 11.9 Å². The molecule has 0 amide bonds. The van der Waals surface area contributed by atoms with Gasteiger partial charge in [-0.25, -0.2) is 4.79 Å². The average molecular weight is 189 g/mol. The Labute approximate surface area is 76.9 Å². The van der Waals surface area contributed by atoms with Crippen LogP contribution in [-0.2, 0) is 14.3 Å². The second kappa shape index (κ2) is 5.66. The summed E-state index contributed by atoms with van der Waals surface area (Å²) in [6.45, 7) is 3.03. The van der Waals surface area contributed by atoms with Crippen LogP contribution in [-0.4, -0.2) is 29.7 Å². The Balaban J connectivity index is 3.93. The van der Waals surface area contributed by atoms with Crippen LogP contribution >= 0.6 is 0 Å². The van der Waals surface area contributed by atoms with E-state index in [9.17, 15) is 9.59 Å². The number of carbonyl (C=O) groups is 2. The largest absolute Gasteiger partial charge is 0.396 e. The number of rotatable bonds is 4. The summed E-state index contributed by atoms with van der Waals surface area (Å²) >= 11 is 0. The molecule has 0 heterocycles. The molecule has 5 heteroatoms. The van der Waals surface area contributed by atoms with Gasteiger partial charge in [-0.3, -0.25) is 4.79 Å². The van der Waals surface area contributed by atoms with Crippen molar-refractivity contribution in [3.05, 3.63) is 0 Å². The molecule has 0 spiro atoms. The van der Waals surface area contributed by atoms with Gasteiger partial charge >= 0.3 is 11.9 Å². The highest BCUT2D eigenvalue weighted by molar-refractivity contribution is 5.89. The van der Waals surface area contributed by atoms with Crippen molar-refractivity contribution in [2.45, 2.75) is 26.3 Å². The zero-order valence-corrected chi connectivity index (χ0v) is 7.82. The molecule has 0 aliphatic rings. The van der Waals surface area contributed by atoms with Crippen LogP contribution < -0.4 is 5.73 Å². The SMILES string of the molecule is CC(C)C(=O)OC(=O)[C@@H](N)CCO. The molecule has 0 fully saturated rings. The van der Waals surface area contributed by atoms with Gasteiger partial charge in [0.15, 0.2) is 0 Å². The number of aliphatic hydroxyl groups is 1. The van der Waals surface area contributed by atoms with E-state index in [1.807, 2.05) is 0 Å². The molecule has 0 aliphatic heterocycles. The monoisotopic (exact) mass is 189 g/mol. The molecule has 0 aromatic carbocycles. The number of carbonyl (C=O) groups excluding carboxylic acids is 2. The van der Waals surface area contributed by atoms with Crippen LogP contribution in [0.25, 0.3) is 0 Å². The Bertz CT molecular complexity index is 191. The third-order valence-corrected chi connectivity index (χ3v) is 1.42. The third-order valence-electron chi connectivity index (χ3n) is 1.42. The summed E-state index contributed by atoms with van der Waals surface area (Å²) < 4.78 is 4.41. The van der Waals surface area contributed by atoms with E-state index >= 15 is 0 Å². The van der Waals surface area contributed by atoms with Crippen molar-refractivity contribution in [3.8, 4) is 0 Å². The zero-order chi connectivity index (χ0) is 10.4. The normalized spacial score (nSPS) is 12.7. The summed E-state index contributed by atoms with van der Waals surface area (Å²) in [5.41, 5.74) is 5.29. The van der Waals surface area contributed by atoms with E-state index in [0.29, 0.717) is 0 Å². The molecular formula is C8H15NO4. The number of esters is 2. The first-order chi connectivity index (χ1) is 5.99. The lowest BCUT2D eigenvalue weighted by Gasteiger charge is -2.09. The molecular weight excluding hydrogens is 174 g/mol. The Morgan fingerprint density at radius 2 is 1.92 bits per heavy atom. The van der Waals surface area contributed by atoms with E-state index in [2.05, 4.69) is 4.74 Å². The standard InChI is InChI=1S/C8H15NO4/c1-5(2)7(11)13-8(12)6(9)3-4-10/h5-6,10H,3-4,9H2,1-2H3/t6-/m0/s1. The average Bonchev–Trinajstić information content (AvgIpc) is 2.04. The quantitative estimate of drug-likeness (QED) is 0.456. The minimum atomic E-state index is -0.923. The molecule has 0 aliphatic carbocycles. The topological polar surface area (TPSA) is 89.6 Å². The summed E-state index contributed by atoms with van der Waals surface area (Å²) in [6, 6.07) is -0.923. The molecule has 0 unspecified atom stereocenters. The summed E-state index contributed by atoms with van der Waals surface area (Å²) in [7, 11) is 0. The summed E-state index contributed by atoms with van der Waals surface area (Å²) in [5, 5.41) is 8.46. The van der Waals surface area contributed by atoms with E-state index in [0.717, 1.165) is 0 Å². The predicted octanol–water partition coefficient (Wildman–Crippen LogP) is -0.578. The second-order valence-electron chi connectivity index (χ2n) is 3.01. The highest BCUT2D eigenvalue weighted by Crippen LogP contribution is 1.99. The van der Waals surface area contributed by atoms with E-state index in [1.165, 1.54) is 0 Å². The van der Waals surface area contributed by atoms with Crippen LogP contribution in [0.2, 0.25) is 0 Å². The number of hydrogen-bond donors (Lipinski definition) is 2. The van der Waals surface area contributed by atoms with Crippen LogP contribution in [0.4, 0.5) is 0 Å². The zero-order valence-electron chi connectivity index (χ0n) is 7.82. The Morgan fingerprint density at radius 1 is 1.38 bits per heavy atom. The van der Waals surface area contributed by atoms with Gasteiger partial charge in [-0.15, -0.1) is 0 Å². The maximum absolute atomic E-state index is 11.0. The van der Waals surface area contributed by atoms with Gasteiger partial charge in [-0.2, -0.15) is 0 Å². The first kappa shape index (κ1) is 12.1. The van der Waals surface area contributed by atoms with Gasteiger partial charge in [-0.1, -0.05) is 13.8 Å². The van der Waals surface area contributed by atoms with Gasteiger partial charge in [0.2, 0.25) is 0 Å². The van der Waals surface area contributed by atoms with Gasteiger partial charge in [0, 0.05) is 6.61 Å². The van der Waals surface area contributed by atoms with Gasteiger partial charge in [0.1, 0.15) is 6.04 Å². The molecule has 76 valence electrons. The van der Waals surface area contributed by atoms with E-state index in [4.69, 9.17) is 10.8 Å². The molecule has 0 saturated heterocycles. The Hall–Kier alpha value is -0.940. The number of ether oxygens (including phenoxy) is 1. The highest BCUT2D eigenvalue weighted by Gasteiger charge is 2.19. The lowest BCUT2D eigenvalue weighted by molar-refractivity contribution is -0.163. The molecule has 0 rings (SSSR count). The molecule has 0 aromatic heterocycles. The number of nitrogens with two attached hydrogens (primary N) is 1. The first-order valence-corrected chi connectivity index (χ1v) is 4.11. The summed E-state index contributed by atoms with van der Waals surface area (Å²) in [4.78, 5) is 21.9. The Morgan fingerprint density at radius 3 is 2.31 bits per heavy atom. The van der Waals surface area contributed by atoms with Crippen LogP contribution in [0, 0.1) is 5.92 Å². The van der Waals surface area contributed by atoms with Crippen molar-refractivity contribution < 1.29 is 19.4 Å². The highest BCUT2D eigenvalue weighted by atomic mass is 16.6. The fourth-order valence-corrected chi connectivity index (χ4v) is 0.550. The minimum Gasteiger partial charge on any atom is -0.396 e. The molecule has 13 heavy (non-hydrogen) atoms. The van der Waals surface area contributed by atoms with Gasteiger partial charge in [-0.05, 0) is 6.42 Å². The Kier molecular flexibility index (Phi) is 5.25. The minimum absolute atomic E-state index is 0.101. The molecule has 0 saturated carbocycles. The van der Waals surface area contributed by atoms with Crippen LogP contribution in [0.3, 0.4) is 0 Å². The van der Waals surface area contributed by atoms with Crippen molar-refractivity contribution in [2.75, 3.05) is 6.61 Å². The number of hydrogen-bond acceptors (Lipinski definition) is 5. The lowest BCUT2D eigenvalue weighted by Crippen LogP contribution is -2.35. The maximum atomic E-state index is 11.0. The van der Waals surface area contributed by atoms with Gasteiger partial charge in [0.05, 0.1) is 5.92 Å². The smallest absolute Gasteiger partial charge is 0.330 e. The van der Waals surface area contributed by atoms with Crippen LogP contribution in [0.1, 0.15) is 20.3 Å². The number of aliphatic hydroxyl groups excluding tert-OH is 1. The van der Waals surface area contributed by atoms with Crippen molar-refractivity contribution in [1.82, 2.24) is 0 Å². The van der Waals surface area contributed by atoms with Crippen molar-refractivity contribution in [2.24, 2.45) is 11.7 Å². The van der Waals surface area contributed by atoms with E-state index in [1.54, 1.807) is 13.8 Å². The first-order valence-electron chi connectivity index (χ1n) is 4.11. The van der Waals surface area contributed by atoms with Gasteiger partial charge in [0.25, 0.3) is 0 Å². The van der Waals surface area contributed by atoms with Gasteiger partial charge < -0.3 is 15.6 Å². The second-order valence-corrected chi connectivity index (χ2v) is 3.01. The fourth-order valence-electron chi connectivity index (χ4n) is 0.550. The fraction of sp³-hybridized carbons (Fsp3) is 0.750. The molecule has 0 bridgehead atoms. The van der Waals surface area contributed by atoms with Crippen molar-refractivity contribution in [1.29, 1.82) is 0 Å². The molecule has 0 radical (unpaired) electrons. The molecule has 0 aromatic rings. The summed E-state index contributed by atoms with van der Waals surface area (Å²) in [6.07, 6.45) is 0.101. The maximum Gasteiger partial charge on any atom is 0.330 e. The predicted molar refractivity (Wildman–Crippen MR) is 45.6 cm³/mol. The van der Waals surface area contributed by atoms with E-state index in [-0.39, 0.29) is 18.9 Å². The lowest BCUT2D eigenvalue weighted by atomic mass is 10.2. The van der Waals surface area contributed by atoms with Crippen molar-refractivity contribution in [3.63, 3.8) is 0 Å². The molecule has 3 N–H and O–H groups in total. The summed E-state index contributed by atoms with van der Waals surface area (Å²) in [5.74, 6) is -1.74. The van der Waals surface area contributed by atoms with Crippen LogP contribution in [0.15, 0.2) is 0 Å². The third kappa shape index (κ3) is 4.59. The molecule has 5 nitrogen and oxygen atoms in total. The molecule has 1 atom stereocenters. The van der Waals surface area contributed by atoms with E-state index < -0.39 is 18.0 Å². The van der Waals surface area contributed by atoms with Crippen LogP contribution in [0.5, 0.6) is 0 Å².